The molecule has 2 aliphatic heterocycles. The zero-order valence-electron chi connectivity index (χ0n) is 18.2. The predicted molar refractivity (Wildman–Crippen MR) is 102 cm³/mol. The number of aliphatic hydroxyl groups is 1. The highest BCUT2D eigenvalue weighted by molar-refractivity contribution is 7.85. The molecule has 0 aliphatic carbocycles. The van der Waals surface area contributed by atoms with Gasteiger partial charge in [-0.3, -0.25) is 12.5 Å². The summed E-state index contributed by atoms with van der Waals surface area (Å²) in [5.41, 5.74) is 0. The summed E-state index contributed by atoms with van der Waals surface area (Å²) in [7, 11) is -22.0. The lowest BCUT2D eigenvalue weighted by Crippen LogP contribution is -2.63. The van der Waals surface area contributed by atoms with Gasteiger partial charge < -0.3 is 47.4 Å². The van der Waals surface area contributed by atoms with E-state index in [0.717, 1.165) is 0 Å². The molecule has 2 saturated heterocycles. The number of aliphatic carboxylic acids is 1. The van der Waals surface area contributed by atoms with Crippen LogP contribution in [0.3, 0.4) is 0 Å². The molecule has 0 amide bonds. The maximum absolute atomic E-state index is 11.5. The van der Waals surface area contributed by atoms with Gasteiger partial charge in [0.1, 0.15) is 30.5 Å². The van der Waals surface area contributed by atoms with Crippen LogP contribution in [0, 0.1) is 0 Å². The van der Waals surface area contributed by atoms with Crippen LogP contribution in [-0.2, 0) is 72.9 Å². The number of rotatable bonds is 12. The average Bonchev–Trinajstić information content (AvgIpc) is 2.68. The fourth-order valence-electron chi connectivity index (χ4n) is 3.48. The van der Waals surface area contributed by atoms with E-state index in [2.05, 4.69) is 12.5 Å². The number of carbonyl (C=O) groups excluding carboxylic acids is 1. The number of carbonyl (C=O) groups is 1. The molecular formula is C13H17O21S4-5. The molecule has 224 valence electrons. The molecule has 8 atom stereocenters. The minimum absolute atomic E-state index is 0.783. The van der Waals surface area contributed by atoms with Crippen LogP contribution in [0.5, 0.6) is 0 Å². The van der Waals surface area contributed by atoms with Crippen molar-refractivity contribution in [2.45, 2.75) is 61.9 Å². The fourth-order valence-corrected chi connectivity index (χ4v) is 5.48. The van der Waals surface area contributed by atoms with Gasteiger partial charge in [0.15, 0.2) is 12.4 Å². The molecule has 0 aromatic carbocycles. The molecule has 25 heteroatoms. The molecule has 0 saturated carbocycles. The van der Waals surface area contributed by atoms with Crippen molar-refractivity contribution in [1.29, 1.82) is 0 Å². The van der Waals surface area contributed by atoms with Crippen molar-refractivity contribution in [3.8, 4) is 0 Å². The normalized spacial score (nSPS) is 33.6. The third-order valence-corrected chi connectivity index (χ3v) is 7.00. The SMILES string of the molecule is O=C([O-])C1OCC(OS(=O)(=O)[O-])C(O)C1OC1OC(CCS(=O)(=O)[O-])CC(OS(=O)(=O)[O-])C1OS(=O)(=O)[O-]. The topological polar surface area (TPSA) is 345 Å². The lowest BCUT2D eigenvalue weighted by Gasteiger charge is -2.45. The van der Waals surface area contributed by atoms with Gasteiger partial charge in [-0.2, -0.15) is 0 Å². The second kappa shape index (κ2) is 12.1. The smallest absolute Gasteiger partial charge is 0.218 e. The van der Waals surface area contributed by atoms with E-state index in [4.69, 9.17) is 14.2 Å². The molecule has 2 rings (SSSR count). The van der Waals surface area contributed by atoms with Gasteiger partial charge in [-0.05, 0) is 6.42 Å². The highest BCUT2D eigenvalue weighted by Gasteiger charge is 2.49. The largest absolute Gasteiger partial charge is 0.748 e. The number of hydrogen-bond acceptors (Lipinski definition) is 21. The van der Waals surface area contributed by atoms with Gasteiger partial charge >= 0.3 is 0 Å². The number of carboxylic acids is 1. The van der Waals surface area contributed by atoms with E-state index in [9.17, 15) is 66.9 Å². The summed E-state index contributed by atoms with van der Waals surface area (Å²) in [5, 5.41) is 21.9. The Balaban J connectivity index is 2.49. The van der Waals surface area contributed by atoms with Crippen LogP contribution >= 0.6 is 0 Å². The molecule has 8 unspecified atom stereocenters. The third-order valence-electron chi connectivity index (χ3n) is 4.84. The van der Waals surface area contributed by atoms with Gasteiger partial charge in [0, 0.05) is 12.2 Å². The van der Waals surface area contributed by atoms with Crippen LogP contribution in [0.15, 0.2) is 0 Å². The summed E-state index contributed by atoms with van der Waals surface area (Å²) in [4.78, 5) is 11.5. The maximum atomic E-state index is 11.5. The summed E-state index contributed by atoms with van der Waals surface area (Å²) in [6.07, 6.45) is -20.0. The van der Waals surface area contributed by atoms with E-state index in [0.29, 0.717) is 0 Å². The van der Waals surface area contributed by atoms with Crippen LogP contribution in [0.1, 0.15) is 12.8 Å². The number of ether oxygens (including phenoxy) is 3. The number of hydrogen-bond donors (Lipinski definition) is 1. The van der Waals surface area contributed by atoms with Crippen LogP contribution in [0.4, 0.5) is 0 Å². The summed E-state index contributed by atoms with van der Waals surface area (Å²) in [6, 6.07) is 0. The van der Waals surface area contributed by atoms with E-state index < -0.39 is 122 Å². The maximum Gasteiger partial charge on any atom is 0.218 e. The zero-order valence-corrected chi connectivity index (χ0v) is 21.5. The van der Waals surface area contributed by atoms with Crippen molar-refractivity contribution < 1.29 is 93.6 Å². The first kappa shape index (κ1) is 33.0. The Kier molecular flexibility index (Phi) is 10.6. The van der Waals surface area contributed by atoms with Gasteiger partial charge in [0.05, 0.1) is 28.8 Å². The molecule has 38 heavy (non-hydrogen) atoms. The van der Waals surface area contributed by atoms with Gasteiger partial charge in [0.25, 0.3) is 0 Å². The molecule has 2 aliphatic rings. The highest BCUT2D eigenvalue weighted by atomic mass is 32.3. The van der Waals surface area contributed by atoms with E-state index in [-0.39, 0.29) is 0 Å². The Bertz CT molecular complexity index is 1270. The second-order valence-electron chi connectivity index (χ2n) is 7.63. The van der Waals surface area contributed by atoms with E-state index >= 15 is 0 Å². The first-order valence-electron chi connectivity index (χ1n) is 9.72. The quantitative estimate of drug-likeness (QED) is 0.153. The summed E-state index contributed by atoms with van der Waals surface area (Å²) in [5.74, 6) is -3.33. The average molecular weight is 638 g/mol. The van der Waals surface area contributed by atoms with Crippen molar-refractivity contribution >= 4 is 47.3 Å². The molecule has 0 spiro atoms. The molecule has 2 heterocycles. The first-order chi connectivity index (χ1) is 17.0. The molecule has 0 radical (unpaired) electrons. The Morgan fingerprint density at radius 2 is 1.37 bits per heavy atom. The first-order valence-corrected chi connectivity index (χ1v) is 15.3. The van der Waals surface area contributed by atoms with E-state index in [1.807, 2.05) is 0 Å². The molecule has 2 fully saturated rings. The second-order valence-corrected chi connectivity index (χ2v) is 12.2. The minimum atomic E-state index is -5.82. The number of carboxylic acid groups (broad SMARTS) is 1. The summed E-state index contributed by atoms with van der Waals surface area (Å²) in [6.45, 7) is -1.05. The van der Waals surface area contributed by atoms with Gasteiger partial charge in [-0.25, -0.2) is 33.7 Å². The lowest BCUT2D eigenvalue weighted by molar-refractivity contribution is -0.343. The number of aliphatic hydroxyl groups excluding tert-OH is 1. The van der Waals surface area contributed by atoms with E-state index in [1.54, 1.807) is 0 Å². The zero-order chi connectivity index (χ0) is 29.3. The lowest BCUT2D eigenvalue weighted by atomic mass is 9.98. The standard InChI is InChI=1S/C13H22O21S4/c14-8-7(33-37(23,24)25)4-29-11(12(15)16)10(8)31-13-9(34-38(26,27)28)6(32-36(20,21)22)3-5(30-13)1-2-35(17,18)19/h5-11,13-14H,1-4H2,(H,15,16)(H,17,18,19)(H,20,21,22)(H,23,24,25)(H,26,27,28)/p-5. The van der Waals surface area contributed by atoms with Gasteiger partial charge in [-0.15, -0.1) is 0 Å². The fraction of sp³-hybridized carbons (Fsp3) is 0.923. The third kappa shape index (κ3) is 10.8. The molecule has 0 aromatic heterocycles. The molecule has 1 N–H and O–H groups in total. The van der Waals surface area contributed by atoms with Crippen molar-refractivity contribution in [3.63, 3.8) is 0 Å². The summed E-state index contributed by atoms with van der Waals surface area (Å²) >= 11 is 0. The Morgan fingerprint density at radius 1 is 0.842 bits per heavy atom. The summed E-state index contributed by atoms with van der Waals surface area (Å²) < 4.78 is 160. The molecular weight excluding hydrogens is 620 g/mol. The van der Waals surface area contributed by atoms with Crippen LogP contribution in [0.25, 0.3) is 0 Å². The van der Waals surface area contributed by atoms with Crippen LogP contribution in [-0.4, -0.2) is 124 Å². The predicted octanol–water partition coefficient (Wildman–Crippen LogP) is -6.53. The Labute approximate surface area is 215 Å². The minimum Gasteiger partial charge on any atom is -0.748 e. The van der Waals surface area contributed by atoms with Crippen molar-refractivity contribution in [2.75, 3.05) is 12.4 Å². The molecule has 0 aromatic rings. The van der Waals surface area contributed by atoms with Crippen LogP contribution < -0.4 is 5.11 Å². The molecule has 0 bridgehead atoms. The van der Waals surface area contributed by atoms with Gasteiger partial charge in [-0.1, -0.05) is 0 Å². The van der Waals surface area contributed by atoms with Crippen LogP contribution in [0.2, 0.25) is 0 Å². The van der Waals surface area contributed by atoms with Crippen molar-refractivity contribution in [1.82, 2.24) is 0 Å². The van der Waals surface area contributed by atoms with Gasteiger partial charge in [0.2, 0.25) is 31.2 Å². The highest BCUT2D eigenvalue weighted by Crippen LogP contribution is 2.33. The van der Waals surface area contributed by atoms with Crippen molar-refractivity contribution in [3.05, 3.63) is 0 Å². The monoisotopic (exact) mass is 637 g/mol. The van der Waals surface area contributed by atoms with E-state index in [1.165, 1.54) is 0 Å². The Hall–Kier alpha value is -1.17. The van der Waals surface area contributed by atoms with Crippen molar-refractivity contribution in [2.24, 2.45) is 0 Å². The Morgan fingerprint density at radius 3 is 1.84 bits per heavy atom. The molecule has 21 nitrogen and oxygen atoms in total.